The van der Waals surface area contributed by atoms with Crippen molar-refractivity contribution in [2.75, 3.05) is 39.4 Å². The highest BCUT2D eigenvalue weighted by Gasteiger charge is 2.40. The SMILES string of the molecule is O=C(C(=O)N1CC2=C(C1)CN(S(=O)(=O)c1ccc3c(c1)OCCO3)C2)c1cccc2c1CN(C1CC1)C2. The predicted molar refractivity (Wildman–Crippen MR) is 133 cm³/mol. The van der Waals surface area contributed by atoms with Gasteiger partial charge in [0.15, 0.2) is 11.5 Å². The van der Waals surface area contributed by atoms with Gasteiger partial charge in [0.1, 0.15) is 13.2 Å². The number of rotatable bonds is 5. The molecule has 9 nitrogen and oxygen atoms in total. The van der Waals surface area contributed by atoms with E-state index < -0.39 is 21.7 Å². The summed E-state index contributed by atoms with van der Waals surface area (Å²) in [5, 5.41) is 0. The van der Waals surface area contributed by atoms with Crippen LogP contribution < -0.4 is 9.47 Å². The molecule has 5 aliphatic rings. The molecule has 2 aromatic rings. The molecule has 0 N–H and O–H groups in total. The second-order valence-electron chi connectivity index (χ2n) is 10.4. The summed E-state index contributed by atoms with van der Waals surface area (Å²) in [6.07, 6.45) is 2.39. The number of sulfonamides is 1. The van der Waals surface area contributed by atoms with Gasteiger partial charge in [0.25, 0.3) is 11.7 Å². The lowest BCUT2D eigenvalue weighted by Crippen LogP contribution is -2.39. The summed E-state index contributed by atoms with van der Waals surface area (Å²) in [7, 11) is -3.74. The van der Waals surface area contributed by atoms with Crippen LogP contribution in [0.15, 0.2) is 52.4 Å². The Morgan fingerprint density at radius 3 is 2.30 bits per heavy atom. The van der Waals surface area contributed by atoms with Crippen molar-refractivity contribution in [3.05, 3.63) is 64.2 Å². The first kappa shape index (κ1) is 22.9. The molecule has 0 spiro atoms. The molecule has 192 valence electrons. The van der Waals surface area contributed by atoms with Crippen molar-refractivity contribution in [2.24, 2.45) is 0 Å². The van der Waals surface area contributed by atoms with Crippen LogP contribution >= 0.6 is 0 Å². The number of benzene rings is 2. The minimum atomic E-state index is -3.74. The van der Waals surface area contributed by atoms with Gasteiger partial charge in [-0.25, -0.2) is 8.42 Å². The number of nitrogens with zero attached hydrogens (tertiary/aromatic N) is 3. The van der Waals surface area contributed by atoms with Crippen molar-refractivity contribution in [3.63, 3.8) is 0 Å². The smallest absolute Gasteiger partial charge is 0.295 e. The number of hydrogen-bond acceptors (Lipinski definition) is 7. The van der Waals surface area contributed by atoms with Gasteiger partial charge in [0, 0.05) is 56.9 Å². The van der Waals surface area contributed by atoms with Crippen LogP contribution in [0.3, 0.4) is 0 Å². The number of ketones is 1. The maximum atomic E-state index is 13.3. The van der Waals surface area contributed by atoms with E-state index in [-0.39, 0.29) is 31.1 Å². The highest BCUT2D eigenvalue weighted by atomic mass is 32.2. The fraction of sp³-hybridized carbons (Fsp3) is 0.407. The van der Waals surface area contributed by atoms with Crippen molar-refractivity contribution in [1.82, 2.24) is 14.1 Å². The number of fused-ring (bicyclic) bond motifs is 2. The van der Waals surface area contributed by atoms with Gasteiger partial charge in [0.2, 0.25) is 10.0 Å². The second-order valence-corrected chi connectivity index (χ2v) is 12.3. The van der Waals surface area contributed by atoms with Crippen LogP contribution in [0.2, 0.25) is 0 Å². The quantitative estimate of drug-likeness (QED) is 0.337. The van der Waals surface area contributed by atoms with Crippen LogP contribution in [0.4, 0.5) is 0 Å². The van der Waals surface area contributed by atoms with Gasteiger partial charge in [-0.3, -0.25) is 14.5 Å². The maximum absolute atomic E-state index is 13.3. The summed E-state index contributed by atoms with van der Waals surface area (Å²) >= 11 is 0. The molecule has 0 unspecified atom stereocenters. The van der Waals surface area contributed by atoms with Crippen molar-refractivity contribution in [2.45, 2.75) is 36.9 Å². The first-order valence-electron chi connectivity index (χ1n) is 12.7. The number of Topliss-reactive ketones (excluding diaryl/α,β-unsaturated/α-hetero) is 1. The Kier molecular flexibility index (Phi) is 5.21. The van der Waals surface area contributed by atoms with E-state index in [0.29, 0.717) is 36.3 Å². The molecule has 0 bridgehead atoms. The first-order valence-corrected chi connectivity index (χ1v) is 14.1. The van der Waals surface area contributed by atoms with Crippen LogP contribution in [-0.2, 0) is 27.9 Å². The Bertz CT molecular complexity index is 1460. The molecule has 1 saturated carbocycles. The summed E-state index contributed by atoms with van der Waals surface area (Å²) in [5.74, 6) is -0.0318. The Hall–Kier alpha value is -3.21. The largest absolute Gasteiger partial charge is 0.486 e. The van der Waals surface area contributed by atoms with Crippen LogP contribution in [-0.4, -0.2) is 79.6 Å². The zero-order valence-electron chi connectivity index (χ0n) is 20.3. The highest BCUT2D eigenvalue weighted by molar-refractivity contribution is 7.89. The van der Waals surface area contributed by atoms with Gasteiger partial charge in [-0.1, -0.05) is 18.2 Å². The molecule has 4 heterocycles. The molecule has 1 amide bonds. The number of carbonyl (C=O) groups is 2. The monoisotopic (exact) mass is 521 g/mol. The molecule has 0 saturated heterocycles. The van der Waals surface area contributed by atoms with E-state index in [1.807, 2.05) is 12.1 Å². The highest BCUT2D eigenvalue weighted by Crippen LogP contribution is 2.37. The van der Waals surface area contributed by atoms with Crippen molar-refractivity contribution in [3.8, 4) is 11.5 Å². The lowest BCUT2D eigenvalue weighted by atomic mass is 9.99. The minimum absolute atomic E-state index is 0.152. The third kappa shape index (κ3) is 3.86. The third-order valence-corrected chi connectivity index (χ3v) is 9.73. The maximum Gasteiger partial charge on any atom is 0.295 e. The van der Waals surface area contributed by atoms with Crippen LogP contribution in [0.1, 0.15) is 34.3 Å². The van der Waals surface area contributed by atoms with E-state index in [2.05, 4.69) is 4.90 Å². The second kappa shape index (κ2) is 8.41. The van der Waals surface area contributed by atoms with Crippen LogP contribution in [0.5, 0.6) is 11.5 Å². The molecule has 2 aromatic carbocycles. The zero-order chi connectivity index (χ0) is 25.3. The number of hydrogen-bond donors (Lipinski definition) is 0. The van der Waals surface area contributed by atoms with E-state index in [4.69, 9.17) is 9.47 Å². The van der Waals surface area contributed by atoms with Crippen molar-refractivity contribution in [1.29, 1.82) is 0 Å². The van der Waals surface area contributed by atoms with Crippen LogP contribution in [0, 0.1) is 0 Å². The molecule has 0 radical (unpaired) electrons. The Balaban J connectivity index is 1.03. The molecular weight excluding hydrogens is 494 g/mol. The van der Waals surface area contributed by atoms with E-state index >= 15 is 0 Å². The average Bonchev–Trinajstić information content (AvgIpc) is 3.34. The Morgan fingerprint density at radius 1 is 0.838 bits per heavy atom. The minimum Gasteiger partial charge on any atom is -0.486 e. The topological polar surface area (TPSA) is 96.5 Å². The molecule has 0 atom stereocenters. The first-order chi connectivity index (χ1) is 17.9. The van der Waals surface area contributed by atoms with E-state index in [9.17, 15) is 18.0 Å². The van der Waals surface area contributed by atoms with E-state index in [1.54, 1.807) is 17.0 Å². The Labute approximate surface area is 215 Å². The van der Waals surface area contributed by atoms with Gasteiger partial charge in [-0.15, -0.1) is 0 Å². The zero-order valence-corrected chi connectivity index (χ0v) is 21.1. The molecular formula is C27H27N3O6S. The summed E-state index contributed by atoms with van der Waals surface area (Å²) in [5.41, 5.74) is 4.39. The van der Waals surface area contributed by atoms with Gasteiger partial charge >= 0.3 is 0 Å². The van der Waals surface area contributed by atoms with Crippen molar-refractivity contribution >= 4 is 21.7 Å². The normalized spacial score (nSPS) is 21.4. The van der Waals surface area contributed by atoms with Gasteiger partial charge < -0.3 is 14.4 Å². The molecule has 10 heteroatoms. The fourth-order valence-electron chi connectivity index (χ4n) is 5.81. The van der Waals surface area contributed by atoms with E-state index in [1.165, 1.54) is 29.3 Å². The van der Waals surface area contributed by atoms with E-state index in [0.717, 1.165) is 35.4 Å². The van der Waals surface area contributed by atoms with Gasteiger partial charge in [-0.05, 0) is 47.2 Å². The summed E-state index contributed by atoms with van der Waals surface area (Å²) in [6, 6.07) is 10.9. The molecule has 0 aromatic heterocycles. The summed E-state index contributed by atoms with van der Waals surface area (Å²) in [6.45, 7) is 3.34. The molecule has 37 heavy (non-hydrogen) atoms. The van der Waals surface area contributed by atoms with Gasteiger partial charge in [-0.2, -0.15) is 4.31 Å². The summed E-state index contributed by atoms with van der Waals surface area (Å²) < 4.78 is 39.1. The average molecular weight is 522 g/mol. The van der Waals surface area contributed by atoms with Crippen molar-refractivity contribution < 1.29 is 27.5 Å². The summed E-state index contributed by atoms with van der Waals surface area (Å²) in [4.78, 5) is 30.6. The predicted octanol–water partition coefficient (Wildman–Crippen LogP) is 1.96. The lowest BCUT2D eigenvalue weighted by molar-refractivity contribution is -0.125. The molecule has 1 fully saturated rings. The number of amides is 1. The number of carbonyl (C=O) groups excluding carboxylic acids is 2. The lowest BCUT2D eigenvalue weighted by Gasteiger charge is -2.23. The molecule has 7 rings (SSSR count). The van der Waals surface area contributed by atoms with Crippen LogP contribution in [0.25, 0.3) is 0 Å². The Morgan fingerprint density at radius 2 is 1.57 bits per heavy atom. The van der Waals surface area contributed by atoms with Gasteiger partial charge in [0.05, 0.1) is 4.90 Å². The molecule has 1 aliphatic carbocycles. The standard InChI is InChI=1S/C27H27N3O6S/c31-26(22-3-1-2-17-11-28(16-23(17)22)20-4-5-20)27(32)29-12-18-14-30(15-19(18)13-29)37(33,34)21-6-7-24-25(10-21)36-9-8-35-24/h1-3,6-7,10,20H,4-5,8-9,11-16H2. The molecule has 4 aliphatic heterocycles. The number of ether oxygens (including phenoxy) is 2. The fourth-order valence-corrected chi connectivity index (χ4v) is 7.25. The third-order valence-electron chi connectivity index (χ3n) is 7.95.